The molecule has 1 aromatic carbocycles. The van der Waals surface area contributed by atoms with Gasteiger partial charge in [0.05, 0.1) is 0 Å². The van der Waals surface area contributed by atoms with E-state index in [1.807, 2.05) is 24.3 Å². The zero-order valence-electron chi connectivity index (χ0n) is 8.69. The fourth-order valence-electron chi connectivity index (χ4n) is 1.79. The molecule has 0 saturated heterocycles. The second-order valence-electron chi connectivity index (χ2n) is 3.84. The summed E-state index contributed by atoms with van der Waals surface area (Å²) in [6.45, 7) is 2.72. The molecule has 0 radical (unpaired) electrons. The number of fused-ring (bicyclic) bond motifs is 1. The maximum atomic E-state index is 11.8. The third-order valence-electron chi connectivity index (χ3n) is 2.63. The van der Waals surface area contributed by atoms with Crippen molar-refractivity contribution in [3.8, 4) is 0 Å². The van der Waals surface area contributed by atoms with E-state index in [2.05, 4.69) is 0 Å². The highest BCUT2D eigenvalue weighted by Gasteiger charge is 2.26. The summed E-state index contributed by atoms with van der Waals surface area (Å²) in [4.78, 5) is 24.4. The Morgan fingerprint density at radius 2 is 2.13 bits per heavy atom. The lowest BCUT2D eigenvalue weighted by atomic mass is 10.1. The lowest BCUT2D eigenvalue weighted by Gasteiger charge is -2.13. The summed E-state index contributed by atoms with van der Waals surface area (Å²) in [5.41, 5.74) is 1.84. The van der Waals surface area contributed by atoms with Crippen molar-refractivity contribution in [2.24, 2.45) is 0 Å². The third kappa shape index (κ3) is 1.91. The minimum Gasteiger partial charge on any atom is -0.334 e. The van der Waals surface area contributed by atoms with Crippen molar-refractivity contribution in [2.75, 3.05) is 6.54 Å². The maximum Gasteiger partial charge on any atom is 0.254 e. The lowest BCUT2D eigenvalue weighted by molar-refractivity contribution is -0.117. The number of ketones is 1. The van der Waals surface area contributed by atoms with Crippen LogP contribution in [0.5, 0.6) is 0 Å². The Morgan fingerprint density at radius 1 is 1.40 bits per heavy atom. The van der Waals surface area contributed by atoms with Crippen LogP contribution in [-0.2, 0) is 11.3 Å². The Balaban J connectivity index is 2.10. The number of carbonyl (C=O) groups is 2. The van der Waals surface area contributed by atoms with E-state index >= 15 is 0 Å². The summed E-state index contributed by atoms with van der Waals surface area (Å²) in [6.07, 6.45) is 0.444. The quantitative estimate of drug-likeness (QED) is 0.748. The molecule has 0 aliphatic carbocycles. The molecule has 15 heavy (non-hydrogen) atoms. The van der Waals surface area contributed by atoms with Crippen LogP contribution in [0, 0.1) is 0 Å². The molecule has 1 aliphatic heterocycles. The standard InChI is InChI=1S/C12H13NO2/c1-9(14)6-7-13-8-10-4-2-3-5-11(10)12(13)15/h2-5H,6-8H2,1H3. The Morgan fingerprint density at radius 3 is 2.80 bits per heavy atom. The molecule has 0 saturated carbocycles. The van der Waals surface area contributed by atoms with Crippen LogP contribution in [-0.4, -0.2) is 23.1 Å². The summed E-state index contributed by atoms with van der Waals surface area (Å²) in [5, 5.41) is 0. The maximum absolute atomic E-state index is 11.8. The highest BCUT2D eigenvalue weighted by molar-refractivity contribution is 5.98. The highest BCUT2D eigenvalue weighted by Crippen LogP contribution is 2.22. The Bertz CT molecular complexity index is 412. The van der Waals surface area contributed by atoms with Gasteiger partial charge < -0.3 is 4.90 Å². The van der Waals surface area contributed by atoms with Crippen LogP contribution in [0.4, 0.5) is 0 Å². The Labute approximate surface area is 88.7 Å². The molecule has 1 heterocycles. The molecule has 1 amide bonds. The van der Waals surface area contributed by atoms with Crippen molar-refractivity contribution in [1.29, 1.82) is 0 Å². The molecule has 0 fully saturated rings. The number of amides is 1. The largest absolute Gasteiger partial charge is 0.334 e. The molecular formula is C12H13NO2. The van der Waals surface area contributed by atoms with Crippen molar-refractivity contribution in [2.45, 2.75) is 19.9 Å². The fraction of sp³-hybridized carbons (Fsp3) is 0.333. The molecule has 3 heteroatoms. The van der Waals surface area contributed by atoms with Crippen molar-refractivity contribution >= 4 is 11.7 Å². The number of hydrogen-bond acceptors (Lipinski definition) is 2. The lowest BCUT2D eigenvalue weighted by Crippen LogP contribution is -2.26. The molecule has 0 unspecified atom stereocenters. The molecule has 0 N–H and O–H groups in total. The van der Waals surface area contributed by atoms with Gasteiger partial charge in [0.1, 0.15) is 5.78 Å². The Hall–Kier alpha value is -1.64. The van der Waals surface area contributed by atoms with Crippen molar-refractivity contribution in [3.63, 3.8) is 0 Å². The van der Waals surface area contributed by atoms with Gasteiger partial charge in [-0.3, -0.25) is 9.59 Å². The van der Waals surface area contributed by atoms with Crippen LogP contribution in [0.25, 0.3) is 0 Å². The molecular weight excluding hydrogens is 190 g/mol. The summed E-state index contributed by atoms with van der Waals surface area (Å²) in [5.74, 6) is 0.172. The number of Topliss-reactive ketones (excluding diaryl/α,β-unsaturated/α-hetero) is 1. The zero-order chi connectivity index (χ0) is 10.8. The van der Waals surface area contributed by atoms with E-state index in [1.165, 1.54) is 0 Å². The topological polar surface area (TPSA) is 37.4 Å². The van der Waals surface area contributed by atoms with Gasteiger partial charge in [-0.1, -0.05) is 18.2 Å². The van der Waals surface area contributed by atoms with Crippen molar-refractivity contribution in [3.05, 3.63) is 35.4 Å². The van der Waals surface area contributed by atoms with E-state index in [4.69, 9.17) is 0 Å². The second-order valence-corrected chi connectivity index (χ2v) is 3.84. The normalized spacial score (nSPS) is 14.2. The van der Waals surface area contributed by atoms with Crippen molar-refractivity contribution in [1.82, 2.24) is 4.90 Å². The molecule has 0 spiro atoms. The summed E-state index contributed by atoms with van der Waals surface area (Å²) < 4.78 is 0. The monoisotopic (exact) mass is 203 g/mol. The molecule has 3 nitrogen and oxygen atoms in total. The number of nitrogens with zero attached hydrogens (tertiary/aromatic N) is 1. The van der Waals surface area contributed by atoms with Gasteiger partial charge in [0.25, 0.3) is 5.91 Å². The van der Waals surface area contributed by atoms with Crippen LogP contribution in [0.3, 0.4) is 0 Å². The molecule has 0 aromatic heterocycles. The van der Waals surface area contributed by atoms with Gasteiger partial charge in [-0.25, -0.2) is 0 Å². The average molecular weight is 203 g/mol. The van der Waals surface area contributed by atoms with Gasteiger partial charge in [0.15, 0.2) is 0 Å². The zero-order valence-corrected chi connectivity index (χ0v) is 8.69. The SMILES string of the molecule is CC(=O)CCN1Cc2ccccc2C1=O. The summed E-state index contributed by atoms with van der Waals surface area (Å²) >= 11 is 0. The van der Waals surface area contributed by atoms with E-state index in [1.54, 1.807) is 11.8 Å². The van der Waals surface area contributed by atoms with Gasteiger partial charge in [-0.15, -0.1) is 0 Å². The van der Waals surface area contributed by atoms with E-state index in [-0.39, 0.29) is 11.7 Å². The summed E-state index contributed by atoms with van der Waals surface area (Å²) in [7, 11) is 0. The molecule has 1 aliphatic rings. The summed E-state index contributed by atoms with van der Waals surface area (Å²) in [6, 6.07) is 7.60. The fourth-order valence-corrected chi connectivity index (χ4v) is 1.79. The van der Waals surface area contributed by atoms with Crippen LogP contribution in [0.15, 0.2) is 24.3 Å². The van der Waals surface area contributed by atoms with Crippen LogP contribution in [0.1, 0.15) is 29.3 Å². The second kappa shape index (κ2) is 3.85. The van der Waals surface area contributed by atoms with Crippen molar-refractivity contribution < 1.29 is 9.59 Å². The first-order chi connectivity index (χ1) is 7.18. The Kier molecular flexibility index (Phi) is 2.54. The number of carbonyl (C=O) groups excluding carboxylic acids is 2. The van der Waals surface area contributed by atoms with Crippen LogP contribution in [0.2, 0.25) is 0 Å². The molecule has 1 aromatic rings. The number of rotatable bonds is 3. The van der Waals surface area contributed by atoms with E-state index in [9.17, 15) is 9.59 Å². The first kappa shape index (κ1) is 9.90. The van der Waals surface area contributed by atoms with Gasteiger partial charge in [-0.05, 0) is 18.6 Å². The molecule has 0 bridgehead atoms. The van der Waals surface area contributed by atoms with Gasteiger partial charge in [-0.2, -0.15) is 0 Å². The average Bonchev–Trinajstić information content (AvgIpc) is 2.54. The minimum absolute atomic E-state index is 0.0480. The first-order valence-corrected chi connectivity index (χ1v) is 5.05. The van der Waals surface area contributed by atoms with E-state index in [0.717, 1.165) is 11.1 Å². The molecule has 78 valence electrons. The van der Waals surface area contributed by atoms with E-state index < -0.39 is 0 Å². The smallest absolute Gasteiger partial charge is 0.254 e. The minimum atomic E-state index is 0.0480. The van der Waals surface area contributed by atoms with Crippen LogP contribution < -0.4 is 0 Å². The van der Waals surface area contributed by atoms with Gasteiger partial charge >= 0.3 is 0 Å². The van der Waals surface area contributed by atoms with E-state index in [0.29, 0.717) is 19.5 Å². The predicted octanol–water partition coefficient (Wildman–Crippen LogP) is 1.62. The van der Waals surface area contributed by atoms with Crippen LogP contribution >= 0.6 is 0 Å². The molecule has 0 atom stereocenters. The highest BCUT2D eigenvalue weighted by atomic mass is 16.2. The first-order valence-electron chi connectivity index (χ1n) is 5.05. The molecule has 2 rings (SSSR count). The van der Waals surface area contributed by atoms with Gasteiger partial charge in [0.2, 0.25) is 0 Å². The number of benzene rings is 1. The third-order valence-corrected chi connectivity index (χ3v) is 2.63. The number of hydrogen-bond donors (Lipinski definition) is 0. The predicted molar refractivity (Wildman–Crippen MR) is 56.5 cm³/mol. The van der Waals surface area contributed by atoms with Gasteiger partial charge in [0, 0.05) is 25.1 Å².